The molecule has 0 aliphatic carbocycles. The van der Waals surface area contributed by atoms with Crippen LogP contribution >= 0.6 is 0 Å². The van der Waals surface area contributed by atoms with E-state index in [1.165, 1.54) is 57.4 Å². The maximum absolute atomic E-state index is 6.14. The molecule has 4 nitrogen and oxygen atoms in total. The molecule has 2 saturated heterocycles. The molecule has 0 spiro atoms. The third-order valence-electron chi connectivity index (χ3n) is 4.90. The Morgan fingerprint density at radius 1 is 1.19 bits per heavy atom. The van der Waals surface area contributed by atoms with Gasteiger partial charge in [-0.25, -0.2) is 0 Å². The molecular weight excluding hydrogens is 262 g/mol. The Balaban J connectivity index is 1.56. The van der Waals surface area contributed by atoms with E-state index in [1.54, 1.807) is 7.11 Å². The summed E-state index contributed by atoms with van der Waals surface area (Å²) in [5.74, 6) is 0.837. The SMILES string of the molecule is COc1ccc(CN2CCC(N3CCCCC3)C2)c(N)c1. The van der Waals surface area contributed by atoms with Crippen LogP contribution in [0.3, 0.4) is 0 Å². The van der Waals surface area contributed by atoms with Crippen molar-refractivity contribution in [2.45, 2.75) is 38.3 Å². The molecule has 1 aromatic carbocycles. The van der Waals surface area contributed by atoms with Crippen LogP contribution in [0.1, 0.15) is 31.2 Å². The lowest BCUT2D eigenvalue weighted by atomic mass is 10.1. The minimum atomic E-state index is 0.754. The molecule has 2 fully saturated rings. The van der Waals surface area contributed by atoms with E-state index in [-0.39, 0.29) is 0 Å². The van der Waals surface area contributed by atoms with Crippen LogP contribution in [-0.4, -0.2) is 49.1 Å². The lowest BCUT2D eigenvalue weighted by molar-refractivity contribution is 0.161. The molecule has 21 heavy (non-hydrogen) atoms. The van der Waals surface area contributed by atoms with Crippen LogP contribution in [0, 0.1) is 0 Å². The van der Waals surface area contributed by atoms with Gasteiger partial charge >= 0.3 is 0 Å². The van der Waals surface area contributed by atoms with E-state index < -0.39 is 0 Å². The number of piperidine rings is 1. The third-order valence-corrected chi connectivity index (χ3v) is 4.90. The average Bonchev–Trinajstić information content (AvgIpc) is 2.99. The van der Waals surface area contributed by atoms with Gasteiger partial charge in [-0.05, 0) is 44.0 Å². The summed E-state index contributed by atoms with van der Waals surface area (Å²) in [5, 5.41) is 0. The zero-order valence-corrected chi connectivity index (χ0v) is 13.1. The topological polar surface area (TPSA) is 41.7 Å². The number of nitrogens with two attached hydrogens (primary N) is 1. The van der Waals surface area contributed by atoms with Gasteiger partial charge in [-0.15, -0.1) is 0 Å². The van der Waals surface area contributed by atoms with Gasteiger partial charge in [-0.1, -0.05) is 12.5 Å². The van der Waals surface area contributed by atoms with Gasteiger partial charge in [-0.3, -0.25) is 9.80 Å². The van der Waals surface area contributed by atoms with Crippen molar-refractivity contribution < 1.29 is 4.74 Å². The molecule has 2 N–H and O–H groups in total. The Morgan fingerprint density at radius 2 is 2.00 bits per heavy atom. The Kier molecular flexibility index (Phi) is 4.66. The Bertz CT molecular complexity index is 471. The van der Waals surface area contributed by atoms with Crippen LogP contribution in [0.15, 0.2) is 18.2 Å². The first kappa shape index (κ1) is 14.7. The second kappa shape index (κ2) is 6.67. The van der Waals surface area contributed by atoms with E-state index in [1.807, 2.05) is 12.1 Å². The van der Waals surface area contributed by atoms with E-state index in [0.29, 0.717) is 0 Å². The lowest BCUT2D eigenvalue weighted by Gasteiger charge is -2.32. The fourth-order valence-electron chi connectivity index (χ4n) is 3.62. The van der Waals surface area contributed by atoms with Gasteiger partial charge < -0.3 is 10.5 Å². The summed E-state index contributed by atoms with van der Waals surface area (Å²) < 4.78 is 5.22. The van der Waals surface area contributed by atoms with Crippen LogP contribution in [0.25, 0.3) is 0 Å². The summed E-state index contributed by atoms with van der Waals surface area (Å²) in [4.78, 5) is 5.23. The van der Waals surface area contributed by atoms with Crippen molar-refractivity contribution in [3.05, 3.63) is 23.8 Å². The monoisotopic (exact) mass is 289 g/mol. The van der Waals surface area contributed by atoms with Crippen LogP contribution in [0.4, 0.5) is 5.69 Å². The van der Waals surface area contributed by atoms with Crippen LogP contribution < -0.4 is 10.5 Å². The maximum Gasteiger partial charge on any atom is 0.120 e. The van der Waals surface area contributed by atoms with E-state index in [4.69, 9.17) is 10.5 Å². The van der Waals surface area contributed by atoms with E-state index in [9.17, 15) is 0 Å². The second-order valence-corrected chi connectivity index (χ2v) is 6.34. The summed E-state index contributed by atoms with van der Waals surface area (Å²) in [7, 11) is 1.68. The van der Waals surface area contributed by atoms with Crippen LogP contribution in [-0.2, 0) is 6.54 Å². The fourth-order valence-corrected chi connectivity index (χ4v) is 3.62. The number of benzene rings is 1. The predicted molar refractivity (Wildman–Crippen MR) is 86.5 cm³/mol. The van der Waals surface area contributed by atoms with Crippen molar-refractivity contribution in [3.63, 3.8) is 0 Å². The van der Waals surface area contributed by atoms with Gasteiger partial charge in [0.1, 0.15) is 5.75 Å². The van der Waals surface area contributed by atoms with Crippen molar-refractivity contribution in [1.29, 1.82) is 0 Å². The molecule has 1 atom stereocenters. The summed E-state index contributed by atoms with van der Waals surface area (Å²) in [6.07, 6.45) is 5.47. The fraction of sp³-hybridized carbons (Fsp3) is 0.647. The highest BCUT2D eigenvalue weighted by Crippen LogP contribution is 2.25. The smallest absolute Gasteiger partial charge is 0.120 e. The van der Waals surface area contributed by atoms with Crippen molar-refractivity contribution in [3.8, 4) is 5.75 Å². The number of methoxy groups -OCH3 is 1. The highest BCUT2D eigenvalue weighted by molar-refractivity contribution is 5.51. The third kappa shape index (κ3) is 3.50. The van der Waals surface area contributed by atoms with Gasteiger partial charge in [0, 0.05) is 37.4 Å². The highest BCUT2D eigenvalue weighted by Gasteiger charge is 2.28. The normalized spacial score (nSPS) is 24.3. The summed E-state index contributed by atoms with van der Waals surface area (Å²) in [5.41, 5.74) is 8.20. The van der Waals surface area contributed by atoms with Crippen LogP contribution in [0.2, 0.25) is 0 Å². The molecule has 1 aromatic rings. The van der Waals surface area contributed by atoms with Gasteiger partial charge in [0.15, 0.2) is 0 Å². The molecule has 2 heterocycles. The minimum Gasteiger partial charge on any atom is -0.497 e. The molecule has 0 saturated carbocycles. The summed E-state index contributed by atoms with van der Waals surface area (Å²) in [6, 6.07) is 6.78. The van der Waals surface area contributed by atoms with Gasteiger partial charge in [0.25, 0.3) is 0 Å². The number of nitrogen functional groups attached to an aromatic ring is 1. The Labute approximate surface area is 127 Å². The molecule has 0 bridgehead atoms. The first-order valence-electron chi connectivity index (χ1n) is 8.15. The number of nitrogens with zero attached hydrogens (tertiary/aromatic N) is 2. The molecular formula is C17H27N3O. The first-order chi connectivity index (χ1) is 10.3. The van der Waals surface area contributed by atoms with E-state index in [2.05, 4.69) is 15.9 Å². The molecule has 4 heteroatoms. The number of ether oxygens (including phenoxy) is 1. The molecule has 0 radical (unpaired) electrons. The summed E-state index contributed by atoms with van der Waals surface area (Å²) in [6.45, 7) is 5.92. The molecule has 2 aliphatic heterocycles. The Morgan fingerprint density at radius 3 is 2.71 bits per heavy atom. The van der Waals surface area contributed by atoms with E-state index in [0.717, 1.165) is 24.0 Å². The average molecular weight is 289 g/mol. The van der Waals surface area contributed by atoms with Crippen LogP contribution in [0.5, 0.6) is 5.75 Å². The largest absolute Gasteiger partial charge is 0.497 e. The van der Waals surface area contributed by atoms with Gasteiger partial charge in [0.2, 0.25) is 0 Å². The quantitative estimate of drug-likeness (QED) is 0.864. The zero-order chi connectivity index (χ0) is 14.7. The lowest BCUT2D eigenvalue weighted by Crippen LogP contribution is -2.40. The minimum absolute atomic E-state index is 0.754. The van der Waals surface area contributed by atoms with Gasteiger partial charge in [-0.2, -0.15) is 0 Å². The standard InChI is InChI=1S/C17H27N3O/c1-21-16-6-5-14(17(18)11-16)12-19-10-7-15(13-19)20-8-3-2-4-9-20/h5-6,11,15H,2-4,7-10,12-13,18H2,1H3. The van der Waals surface area contributed by atoms with Crippen molar-refractivity contribution in [2.75, 3.05) is 39.0 Å². The predicted octanol–water partition coefficient (Wildman–Crippen LogP) is 2.34. The van der Waals surface area contributed by atoms with Gasteiger partial charge in [0.05, 0.1) is 7.11 Å². The summed E-state index contributed by atoms with van der Waals surface area (Å²) >= 11 is 0. The second-order valence-electron chi connectivity index (χ2n) is 6.34. The Hall–Kier alpha value is -1.26. The first-order valence-corrected chi connectivity index (χ1v) is 8.15. The molecule has 0 amide bonds. The number of likely N-dealkylation sites (tertiary alicyclic amines) is 2. The molecule has 1 unspecified atom stereocenters. The molecule has 116 valence electrons. The van der Waals surface area contributed by atoms with Crippen molar-refractivity contribution in [2.24, 2.45) is 0 Å². The van der Waals surface area contributed by atoms with Crippen molar-refractivity contribution in [1.82, 2.24) is 9.80 Å². The van der Waals surface area contributed by atoms with Crippen molar-refractivity contribution >= 4 is 5.69 Å². The van der Waals surface area contributed by atoms with E-state index >= 15 is 0 Å². The number of rotatable bonds is 4. The molecule has 0 aromatic heterocycles. The number of anilines is 1. The number of hydrogen-bond donors (Lipinski definition) is 1. The zero-order valence-electron chi connectivity index (χ0n) is 13.1. The molecule has 2 aliphatic rings. The highest BCUT2D eigenvalue weighted by atomic mass is 16.5. The number of hydrogen-bond acceptors (Lipinski definition) is 4. The maximum atomic E-state index is 6.14. The molecule has 3 rings (SSSR count).